The van der Waals surface area contributed by atoms with Crippen LogP contribution in [0, 0.1) is 18.6 Å². The van der Waals surface area contributed by atoms with Crippen LogP contribution in [0.4, 0.5) is 14.5 Å². The van der Waals surface area contributed by atoms with E-state index in [1.54, 1.807) is 12.1 Å². The zero-order valence-electron chi connectivity index (χ0n) is 17.7. The number of carbonyl (C=O) groups excluding carboxylic acids is 2. The first-order valence-corrected chi connectivity index (χ1v) is 11.3. The molecule has 0 spiro atoms. The summed E-state index contributed by atoms with van der Waals surface area (Å²) in [5.41, 5.74) is 1.48. The highest BCUT2D eigenvalue weighted by molar-refractivity contribution is 7.92. The maximum Gasteiger partial charge on any atom is 0.244 e. The molecule has 7 nitrogen and oxygen atoms in total. The van der Waals surface area contributed by atoms with Gasteiger partial charge in [0, 0.05) is 19.7 Å². The largest absolute Gasteiger partial charge is 0.357 e. The number of likely N-dealkylation sites (N-methyl/N-ethyl adjacent to an activating group) is 1. The fourth-order valence-electron chi connectivity index (χ4n) is 3.02. The van der Waals surface area contributed by atoms with Crippen LogP contribution >= 0.6 is 0 Å². The second-order valence-electron chi connectivity index (χ2n) is 7.11. The highest BCUT2D eigenvalue weighted by Crippen LogP contribution is 2.22. The van der Waals surface area contributed by atoms with E-state index < -0.39 is 46.1 Å². The predicted octanol–water partition coefficient (Wildman–Crippen LogP) is 2.20. The van der Waals surface area contributed by atoms with E-state index in [0.717, 1.165) is 29.5 Å². The Hall–Kier alpha value is -3.01. The lowest BCUT2D eigenvalue weighted by atomic mass is 10.1. The molecule has 0 aromatic heterocycles. The Morgan fingerprint density at radius 1 is 1.10 bits per heavy atom. The number of amides is 2. The van der Waals surface area contributed by atoms with Crippen molar-refractivity contribution in [1.29, 1.82) is 0 Å². The fraction of sp³-hybridized carbons (Fsp3) is 0.333. The smallest absolute Gasteiger partial charge is 0.244 e. The number of nitrogens with zero attached hydrogens (tertiary/aromatic N) is 2. The van der Waals surface area contributed by atoms with Crippen molar-refractivity contribution in [1.82, 2.24) is 10.2 Å². The number of hydrogen-bond acceptors (Lipinski definition) is 4. The Balaban J connectivity index is 2.42. The highest BCUT2D eigenvalue weighted by atomic mass is 32.2. The number of rotatable bonds is 8. The maximum absolute atomic E-state index is 13.7. The fourth-order valence-corrected chi connectivity index (χ4v) is 3.86. The van der Waals surface area contributed by atoms with Crippen LogP contribution in [0.3, 0.4) is 0 Å². The van der Waals surface area contributed by atoms with Gasteiger partial charge >= 0.3 is 0 Å². The van der Waals surface area contributed by atoms with Gasteiger partial charge in [-0.3, -0.25) is 13.9 Å². The molecule has 2 rings (SSSR count). The topological polar surface area (TPSA) is 86.8 Å². The number of aryl methyl sites for hydroxylation is 1. The molecule has 0 heterocycles. The van der Waals surface area contributed by atoms with Crippen LogP contribution in [0.2, 0.25) is 0 Å². The standard InChI is InChI=1S/C21H25F2N3O4S/c1-14-7-5-6-8-16(14)12-25(15(2)21(28)24-3)20(27)13-26(31(4,29)30)17-9-10-18(22)19(23)11-17/h5-11,15H,12-13H2,1-4H3,(H,24,28)/t15-/m0/s1. The summed E-state index contributed by atoms with van der Waals surface area (Å²) in [6, 6.07) is 8.94. The van der Waals surface area contributed by atoms with Gasteiger partial charge in [0.25, 0.3) is 0 Å². The summed E-state index contributed by atoms with van der Waals surface area (Å²) in [6.45, 7) is 2.76. The summed E-state index contributed by atoms with van der Waals surface area (Å²) >= 11 is 0. The highest BCUT2D eigenvalue weighted by Gasteiger charge is 2.30. The van der Waals surface area contributed by atoms with Crippen molar-refractivity contribution in [2.24, 2.45) is 0 Å². The molecule has 0 aliphatic rings. The number of anilines is 1. The summed E-state index contributed by atoms with van der Waals surface area (Å²) in [6.07, 6.45) is 0.857. The maximum atomic E-state index is 13.7. The second-order valence-corrected chi connectivity index (χ2v) is 9.01. The third-order valence-electron chi connectivity index (χ3n) is 4.89. The van der Waals surface area contributed by atoms with Crippen molar-refractivity contribution in [3.8, 4) is 0 Å². The van der Waals surface area contributed by atoms with Gasteiger partial charge in [-0.2, -0.15) is 0 Å². The molecule has 0 radical (unpaired) electrons. The summed E-state index contributed by atoms with van der Waals surface area (Å²) in [4.78, 5) is 26.7. The van der Waals surface area contributed by atoms with E-state index in [9.17, 15) is 26.8 Å². The zero-order valence-corrected chi connectivity index (χ0v) is 18.5. The molecule has 0 saturated heterocycles. The van der Waals surface area contributed by atoms with Gasteiger partial charge in [0.2, 0.25) is 21.8 Å². The van der Waals surface area contributed by atoms with Crippen LogP contribution in [-0.4, -0.2) is 51.0 Å². The zero-order chi connectivity index (χ0) is 23.3. The van der Waals surface area contributed by atoms with E-state index in [1.807, 2.05) is 19.1 Å². The third-order valence-corrected chi connectivity index (χ3v) is 6.03. The molecule has 2 aromatic rings. The average Bonchev–Trinajstić information content (AvgIpc) is 2.71. The molecule has 0 unspecified atom stereocenters. The minimum Gasteiger partial charge on any atom is -0.357 e. The first-order chi connectivity index (χ1) is 14.5. The van der Waals surface area contributed by atoms with Crippen LogP contribution in [0.25, 0.3) is 0 Å². The summed E-state index contributed by atoms with van der Waals surface area (Å²) in [7, 11) is -2.58. The van der Waals surface area contributed by atoms with E-state index in [2.05, 4.69) is 5.32 Å². The number of sulfonamides is 1. The molecule has 0 saturated carbocycles. The van der Waals surface area contributed by atoms with Gasteiger partial charge in [-0.05, 0) is 37.1 Å². The normalized spacial score (nSPS) is 12.2. The third kappa shape index (κ3) is 6.00. The van der Waals surface area contributed by atoms with Gasteiger partial charge in [-0.1, -0.05) is 24.3 Å². The lowest BCUT2D eigenvalue weighted by Crippen LogP contribution is -2.50. The lowest BCUT2D eigenvalue weighted by molar-refractivity contribution is -0.139. The monoisotopic (exact) mass is 453 g/mol. The first-order valence-electron chi connectivity index (χ1n) is 9.44. The van der Waals surface area contributed by atoms with E-state index >= 15 is 0 Å². The predicted molar refractivity (Wildman–Crippen MR) is 114 cm³/mol. The summed E-state index contributed by atoms with van der Waals surface area (Å²) in [5, 5.41) is 2.47. The lowest BCUT2D eigenvalue weighted by Gasteiger charge is -2.31. The number of nitrogens with one attached hydrogen (secondary N) is 1. The van der Waals surface area contributed by atoms with Crippen LogP contribution in [0.15, 0.2) is 42.5 Å². The summed E-state index contributed by atoms with van der Waals surface area (Å²) < 4.78 is 52.3. The molecule has 2 amide bonds. The minimum absolute atomic E-state index is 0.0650. The van der Waals surface area contributed by atoms with Gasteiger partial charge in [0.05, 0.1) is 11.9 Å². The van der Waals surface area contributed by atoms with Crippen LogP contribution in [0.1, 0.15) is 18.1 Å². The molecule has 0 aliphatic carbocycles. The molecular weight excluding hydrogens is 428 g/mol. The van der Waals surface area contributed by atoms with Crippen LogP contribution in [0.5, 0.6) is 0 Å². The van der Waals surface area contributed by atoms with E-state index in [4.69, 9.17) is 0 Å². The molecule has 1 N–H and O–H groups in total. The Labute approximate surface area is 180 Å². The van der Waals surface area contributed by atoms with Crippen molar-refractivity contribution in [2.45, 2.75) is 26.4 Å². The number of halogens is 2. The quantitative estimate of drug-likeness (QED) is 0.664. The van der Waals surface area contributed by atoms with Gasteiger partial charge < -0.3 is 10.2 Å². The minimum atomic E-state index is -4.01. The van der Waals surface area contributed by atoms with E-state index in [0.29, 0.717) is 10.4 Å². The average molecular weight is 454 g/mol. The van der Waals surface area contributed by atoms with Crippen molar-refractivity contribution < 1.29 is 26.8 Å². The molecule has 0 bridgehead atoms. The van der Waals surface area contributed by atoms with Crippen LogP contribution < -0.4 is 9.62 Å². The van der Waals surface area contributed by atoms with E-state index in [1.165, 1.54) is 18.9 Å². The Morgan fingerprint density at radius 3 is 2.29 bits per heavy atom. The Morgan fingerprint density at radius 2 is 1.74 bits per heavy atom. The van der Waals surface area contributed by atoms with Gasteiger partial charge in [-0.15, -0.1) is 0 Å². The van der Waals surface area contributed by atoms with Crippen molar-refractivity contribution in [3.05, 3.63) is 65.2 Å². The van der Waals surface area contributed by atoms with Gasteiger partial charge in [0.15, 0.2) is 11.6 Å². The SMILES string of the molecule is CNC(=O)[C@H](C)N(Cc1ccccc1C)C(=O)CN(c1ccc(F)c(F)c1)S(C)(=O)=O. The van der Waals surface area contributed by atoms with E-state index in [-0.39, 0.29) is 12.2 Å². The van der Waals surface area contributed by atoms with Crippen molar-refractivity contribution in [3.63, 3.8) is 0 Å². The summed E-state index contributed by atoms with van der Waals surface area (Å²) in [5.74, 6) is -3.48. The first kappa shape index (κ1) is 24.3. The molecule has 10 heteroatoms. The molecule has 2 aromatic carbocycles. The molecule has 0 aliphatic heterocycles. The second kappa shape index (κ2) is 9.86. The Bertz CT molecular complexity index is 1080. The van der Waals surface area contributed by atoms with Gasteiger partial charge in [0.1, 0.15) is 12.6 Å². The van der Waals surface area contributed by atoms with Crippen molar-refractivity contribution >= 4 is 27.5 Å². The molecule has 168 valence electrons. The molecule has 0 fully saturated rings. The number of hydrogen-bond donors (Lipinski definition) is 1. The molecule has 1 atom stereocenters. The van der Waals surface area contributed by atoms with Crippen LogP contribution in [-0.2, 0) is 26.2 Å². The number of carbonyl (C=O) groups is 2. The number of benzene rings is 2. The molecule has 31 heavy (non-hydrogen) atoms. The van der Waals surface area contributed by atoms with Crippen molar-refractivity contribution in [2.75, 3.05) is 24.2 Å². The molecular formula is C21H25F2N3O4S. The van der Waals surface area contributed by atoms with Gasteiger partial charge in [-0.25, -0.2) is 17.2 Å². The Kier molecular flexibility index (Phi) is 7.72.